The van der Waals surface area contributed by atoms with Crippen molar-refractivity contribution in [2.75, 3.05) is 32.7 Å². The summed E-state index contributed by atoms with van der Waals surface area (Å²) in [6.45, 7) is 2.72. The molecule has 0 saturated carbocycles. The van der Waals surface area contributed by atoms with Crippen molar-refractivity contribution < 1.29 is 27.4 Å². The summed E-state index contributed by atoms with van der Waals surface area (Å²) in [7, 11) is -0.997. The monoisotopic (exact) mass is 491 g/mol. The molecule has 33 heavy (non-hydrogen) atoms. The number of methoxy groups -OCH3 is 2. The summed E-state index contributed by atoms with van der Waals surface area (Å²) in [5, 5.41) is 3.21. The molecule has 176 valence electrons. The Labute approximate surface area is 196 Å². The highest BCUT2D eigenvalue weighted by atomic mass is 32.2. The van der Waals surface area contributed by atoms with E-state index in [0.29, 0.717) is 36.1 Å². The van der Waals surface area contributed by atoms with Crippen LogP contribution in [0.3, 0.4) is 0 Å². The quantitative estimate of drug-likeness (QED) is 0.514. The van der Waals surface area contributed by atoms with Crippen LogP contribution in [0.4, 0.5) is 5.13 Å². The van der Waals surface area contributed by atoms with E-state index in [9.17, 15) is 13.2 Å². The maximum Gasteiger partial charge on any atom is 0.244 e. The molecule has 2 aromatic carbocycles. The second-order valence-electron chi connectivity index (χ2n) is 7.36. The van der Waals surface area contributed by atoms with Crippen molar-refractivity contribution in [1.82, 2.24) is 9.29 Å². The third-order valence-electron chi connectivity index (χ3n) is 5.37. The SMILES string of the molecule is CCOc1ccc2nc(NC(=O)C3CCCN3S(=O)(=O)c3ccc(OC)c(OC)c3)sc2c1. The number of carbonyl (C=O) groups excluding carboxylic acids is 1. The van der Waals surface area contributed by atoms with E-state index in [1.54, 1.807) is 0 Å². The molecule has 0 bridgehead atoms. The molecule has 1 fully saturated rings. The number of nitrogens with zero attached hydrogens (tertiary/aromatic N) is 2. The van der Waals surface area contributed by atoms with Gasteiger partial charge in [0.25, 0.3) is 0 Å². The summed E-state index contributed by atoms with van der Waals surface area (Å²) in [5.74, 6) is 1.06. The first-order chi connectivity index (χ1) is 15.9. The number of hydrogen-bond donors (Lipinski definition) is 1. The van der Waals surface area contributed by atoms with Gasteiger partial charge >= 0.3 is 0 Å². The first-order valence-corrected chi connectivity index (χ1v) is 12.7. The Morgan fingerprint density at radius 3 is 2.70 bits per heavy atom. The minimum Gasteiger partial charge on any atom is -0.494 e. The summed E-state index contributed by atoms with van der Waals surface area (Å²) >= 11 is 1.32. The van der Waals surface area contributed by atoms with Gasteiger partial charge in [-0.15, -0.1) is 0 Å². The Balaban J connectivity index is 1.55. The molecule has 3 aromatic rings. The number of rotatable bonds is 8. The second-order valence-corrected chi connectivity index (χ2v) is 10.3. The number of benzene rings is 2. The Morgan fingerprint density at radius 2 is 1.97 bits per heavy atom. The lowest BCUT2D eigenvalue weighted by Crippen LogP contribution is -2.43. The molecule has 1 aromatic heterocycles. The van der Waals surface area contributed by atoms with E-state index in [1.807, 2.05) is 25.1 Å². The van der Waals surface area contributed by atoms with Crippen LogP contribution in [-0.2, 0) is 14.8 Å². The highest BCUT2D eigenvalue weighted by molar-refractivity contribution is 7.89. The number of amides is 1. The number of carbonyl (C=O) groups is 1. The van der Waals surface area contributed by atoms with E-state index in [0.717, 1.165) is 16.0 Å². The van der Waals surface area contributed by atoms with Gasteiger partial charge in [-0.3, -0.25) is 4.79 Å². The molecule has 1 atom stereocenters. The number of sulfonamides is 1. The molecule has 1 aliphatic rings. The van der Waals surface area contributed by atoms with Crippen molar-refractivity contribution >= 4 is 42.6 Å². The van der Waals surface area contributed by atoms with Crippen LogP contribution in [0.2, 0.25) is 0 Å². The molecule has 0 spiro atoms. The number of anilines is 1. The molecule has 1 saturated heterocycles. The van der Waals surface area contributed by atoms with Gasteiger partial charge in [0.05, 0.1) is 35.9 Å². The lowest BCUT2D eigenvalue weighted by molar-refractivity contribution is -0.119. The Morgan fingerprint density at radius 1 is 1.18 bits per heavy atom. The number of thiazole rings is 1. The van der Waals surface area contributed by atoms with Crippen LogP contribution in [0, 0.1) is 0 Å². The van der Waals surface area contributed by atoms with E-state index in [-0.39, 0.29) is 11.4 Å². The van der Waals surface area contributed by atoms with Gasteiger partial charge in [-0.05, 0) is 50.1 Å². The largest absolute Gasteiger partial charge is 0.494 e. The predicted octanol–water partition coefficient (Wildman–Crippen LogP) is 3.50. The van der Waals surface area contributed by atoms with Crippen LogP contribution in [0.5, 0.6) is 17.2 Å². The fourth-order valence-corrected chi connectivity index (χ4v) is 6.38. The van der Waals surface area contributed by atoms with Crippen LogP contribution in [-0.4, -0.2) is 57.0 Å². The van der Waals surface area contributed by atoms with Crippen molar-refractivity contribution in [2.45, 2.75) is 30.7 Å². The highest BCUT2D eigenvalue weighted by Gasteiger charge is 2.40. The Hall–Kier alpha value is -2.89. The number of ether oxygens (including phenoxy) is 3. The number of aromatic nitrogens is 1. The number of nitrogens with one attached hydrogen (secondary N) is 1. The zero-order valence-corrected chi connectivity index (χ0v) is 20.2. The van der Waals surface area contributed by atoms with E-state index >= 15 is 0 Å². The summed E-state index contributed by atoms with van der Waals surface area (Å²) in [6.07, 6.45) is 1.01. The molecular formula is C22H25N3O6S2. The fourth-order valence-electron chi connectivity index (χ4n) is 3.81. The minimum atomic E-state index is -3.92. The van der Waals surface area contributed by atoms with Gasteiger partial charge in [0.1, 0.15) is 11.8 Å². The van der Waals surface area contributed by atoms with Crippen molar-refractivity contribution in [3.63, 3.8) is 0 Å². The third-order valence-corrected chi connectivity index (χ3v) is 8.21. The third kappa shape index (κ3) is 4.61. The zero-order chi connectivity index (χ0) is 23.6. The maximum absolute atomic E-state index is 13.3. The number of hydrogen-bond acceptors (Lipinski definition) is 8. The zero-order valence-electron chi connectivity index (χ0n) is 18.5. The highest BCUT2D eigenvalue weighted by Crippen LogP contribution is 2.34. The maximum atomic E-state index is 13.3. The second kappa shape index (κ2) is 9.54. The van der Waals surface area contributed by atoms with Gasteiger partial charge < -0.3 is 19.5 Å². The van der Waals surface area contributed by atoms with Crippen molar-refractivity contribution in [3.8, 4) is 17.2 Å². The molecule has 0 radical (unpaired) electrons. The van der Waals surface area contributed by atoms with Gasteiger partial charge in [-0.25, -0.2) is 13.4 Å². The van der Waals surface area contributed by atoms with Gasteiger partial charge in [0, 0.05) is 12.6 Å². The van der Waals surface area contributed by atoms with E-state index in [1.165, 1.54) is 48.1 Å². The number of fused-ring (bicyclic) bond motifs is 1. The minimum absolute atomic E-state index is 0.0447. The average molecular weight is 492 g/mol. The summed E-state index contributed by atoms with van der Waals surface area (Å²) < 4.78 is 44.7. The molecule has 11 heteroatoms. The van der Waals surface area contributed by atoms with Crippen molar-refractivity contribution in [3.05, 3.63) is 36.4 Å². The summed E-state index contributed by atoms with van der Waals surface area (Å²) in [4.78, 5) is 17.5. The normalized spacial score (nSPS) is 16.6. The lowest BCUT2D eigenvalue weighted by Gasteiger charge is -2.23. The van der Waals surface area contributed by atoms with Gasteiger partial charge in [-0.2, -0.15) is 4.31 Å². The van der Waals surface area contributed by atoms with Gasteiger partial charge in [0.2, 0.25) is 15.9 Å². The molecule has 1 unspecified atom stereocenters. The molecule has 1 aliphatic heterocycles. The molecule has 1 amide bonds. The lowest BCUT2D eigenvalue weighted by atomic mass is 10.2. The standard InChI is InChI=1S/C22H25N3O6S2/c1-4-31-14-7-9-16-20(12-14)32-22(23-16)24-21(26)17-6-5-11-25(17)33(27,28)15-8-10-18(29-2)19(13-15)30-3/h7-10,12-13,17H,4-6,11H2,1-3H3,(H,23,24,26). The van der Waals surface area contributed by atoms with Gasteiger partial charge in [-0.1, -0.05) is 11.3 Å². The van der Waals surface area contributed by atoms with Crippen LogP contribution < -0.4 is 19.5 Å². The Bertz CT molecular complexity index is 1270. The molecule has 0 aliphatic carbocycles. The van der Waals surface area contributed by atoms with Crippen LogP contribution in [0.1, 0.15) is 19.8 Å². The summed E-state index contributed by atoms with van der Waals surface area (Å²) in [6, 6.07) is 9.10. The van der Waals surface area contributed by atoms with Crippen LogP contribution in [0.25, 0.3) is 10.2 Å². The molecule has 1 N–H and O–H groups in total. The van der Waals surface area contributed by atoms with Gasteiger partial charge in [0.15, 0.2) is 16.6 Å². The van der Waals surface area contributed by atoms with Crippen molar-refractivity contribution in [2.24, 2.45) is 0 Å². The summed E-state index contributed by atoms with van der Waals surface area (Å²) in [5.41, 5.74) is 0.736. The van der Waals surface area contributed by atoms with E-state index < -0.39 is 22.0 Å². The first-order valence-electron chi connectivity index (χ1n) is 10.5. The Kier molecular flexibility index (Phi) is 6.73. The molecule has 4 rings (SSSR count). The van der Waals surface area contributed by atoms with Crippen LogP contribution >= 0.6 is 11.3 Å². The van der Waals surface area contributed by atoms with Crippen molar-refractivity contribution in [1.29, 1.82) is 0 Å². The van der Waals surface area contributed by atoms with Crippen LogP contribution in [0.15, 0.2) is 41.3 Å². The topological polar surface area (TPSA) is 107 Å². The first kappa shape index (κ1) is 23.3. The molecular weight excluding hydrogens is 466 g/mol. The fraction of sp³-hybridized carbons (Fsp3) is 0.364. The average Bonchev–Trinajstić information content (AvgIpc) is 3.45. The predicted molar refractivity (Wildman–Crippen MR) is 126 cm³/mol. The molecule has 2 heterocycles. The molecule has 9 nitrogen and oxygen atoms in total. The smallest absolute Gasteiger partial charge is 0.244 e. The van der Waals surface area contributed by atoms with E-state index in [2.05, 4.69) is 10.3 Å². The van der Waals surface area contributed by atoms with E-state index in [4.69, 9.17) is 14.2 Å².